The average molecular weight is 279 g/mol. The van der Waals surface area contributed by atoms with Gasteiger partial charge in [-0.25, -0.2) is 13.8 Å². The van der Waals surface area contributed by atoms with Gasteiger partial charge in [0.15, 0.2) is 5.15 Å². The smallest absolute Gasteiger partial charge is 0.281 e. The van der Waals surface area contributed by atoms with Crippen molar-refractivity contribution in [1.29, 1.82) is 0 Å². The minimum Gasteiger partial charge on any atom is -0.296 e. The van der Waals surface area contributed by atoms with Gasteiger partial charge in [-0.15, -0.1) is 0 Å². The molecule has 0 aliphatic carbocycles. The minimum absolute atomic E-state index is 0.164. The van der Waals surface area contributed by atoms with Crippen molar-refractivity contribution in [2.24, 2.45) is 0 Å². The number of hydrogen-bond acceptors (Lipinski definition) is 1. The third-order valence-electron chi connectivity index (χ3n) is 2.99. The first-order chi connectivity index (χ1) is 9.18. The molecule has 0 saturated carbocycles. The SMILES string of the molecule is FC(F)c1c(Cl)ncn1-c1cccc2ccccc12. The Kier molecular flexibility index (Phi) is 2.95. The van der Waals surface area contributed by atoms with Crippen molar-refractivity contribution in [1.82, 2.24) is 9.55 Å². The third-order valence-corrected chi connectivity index (χ3v) is 3.28. The molecular formula is C14H9ClF2N2. The van der Waals surface area contributed by atoms with Crippen molar-refractivity contribution in [2.75, 3.05) is 0 Å². The summed E-state index contributed by atoms with van der Waals surface area (Å²) in [5.74, 6) is 0. The Bertz CT molecular complexity index is 732. The third kappa shape index (κ3) is 1.98. The Morgan fingerprint density at radius 1 is 1.05 bits per heavy atom. The van der Waals surface area contributed by atoms with Crippen LogP contribution in [0.3, 0.4) is 0 Å². The molecule has 0 unspecified atom stereocenters. The molecule has 96 valence electrons. The number of alkyl halides is 2. The lowest BCUT2D eigenvalue weighted by molar-refractivity contribution is 0.144. The van der Waals surface area contributed by atoms with Crippen LogP contribution in [0.15, 0.2) is 48.8 Å². The summed E-state index contributed by atoms with van der Waals surface area (Å²) in [5, 5.41) is 1.69. The lowest BCUT2D eigenvalue weighted by Crippen LogP contribution is -2.00. The fraction of sp³-hybridized carbons (Fsp3) is 0.0714. The molecule has 0 radical (unpaired) electrons. The average Bonchev–Trinajstić information content (AvgIpc) is 2.80. The van der Waals surface area contributed by atoms with Crippen LogP contribution in [0.5, 0.6) is 0 Å². The molecule has 0 fully saturated rings. The molecule has 1 heterocycles. The number of hydrogen-bond donors (Lipinski definition) is 0. The van der Waals surface area contributed by atoms with E-state index in [2.05, 4.69) is 4.98 Å². The highest BCUT2D eigenvalue weighted by atomic mass is 35.5. The van der Waals surface area contributed by atoms with E-state index < -0.39 is 6.43 Å². The maximum Gasteiger partial charge on any atom is 0.281 e. The minimum atomic E-state index is -2.67. The molecule has 0 atom stereocenters. The van der Waals surface area contributed by atoms with Gasteiger partial charge in [-0.1, -0.05) is 48.0 Å². The standard InChI is InChI=1S/C14H9ClF2N2/c15-13-12(14(16)17)19(8-18-13)11-7-3-5-9-4-1-2-6-10(9)11/h1-8,14H. The largest absolute Gasteiger partial charge is 0.296 e. The first-order valence-corrected chi connectivity index (χ1v) is 6.05. The number of fused-ring (bicyclic) bond motifs is 1. The van der Waals surface area contributed by atoms with E-state index in [4.69, 9.17) is 11.6 Å². The molecule has 0 amide bonds. The molecule has 0 N–H and O–H groups in total. The van der Waals surface area contributed by atoms with E-state index in [1.807, 2.05) is 36.4 Å². The van der Waals surface area contributed by atoms with Gasteiger partial charge in [-0.05, 0) is 11.5 Å². The second kappa shape index (κ2) is 4.63. The summed E-state index contributed by atoms with van der Waals surface area (Å²) < 4.78 is 27.5. The van der Waals surface area contributed by atoms with Gasteiger partial charge in [-0.2, -0.15) is 0 Å². The second-order valence-corrected chi connectivity index (χ2v) is 4.45. The summed E-state index contributed by atoms with van der Waals surface area (Å²) >= 11 is 5.73. The summed E-state index contributed by atoms with van der Waals surface area (Å²) in [6.07, 6.45) is -1.35. The van der Waals surface area contributed by atoms with Crippen molar-refractivity contribution in [3.63, 3.8) is 0 Å². The van der Waals surface area contributed by atoms with E-state index in [0.717, 1.165) is 10.8 Å². The maximum absolute atomic E-state index is 13.1. The van der Waals surface area contributed by atoms with Gasteiger partial charge in [-0.3, -0.25) is 4.57 Å². The summed E-state index contributed by atoms with van der Waals surface area (Å²) in [4.78, 5) is 3.77. The van der Waals surface area contributed by atoms with E-state index >= 15 is 0 Å². The summed E-state index contributed by atoms with van der Waals surface area (Å²) in [5.41, 5.74) is 0.366. The molecule has 0 spiro atoms. The highest BCUT2D eigenvalue weighted by Gasteiger charge is 2.20. The molecule has 19 heavy (non-hydrogen) atoms. The number of halogens is 3. The van der Waals surface area contributed by atoms with Crippen LogP contribution in [-0.4, -0.2) is 9.55 Å². The number of aromatic nitrogens is 2. The van der Waals surface area contributed by atoms with Gasteiger partial charge in [0, 0.05) is 5.39 Å². The number of benzene rings is 2. The molecule has 0 bridgehead atoms. The highest BCUT2D eigenvalue weighted by Crippen LogP contribution is 2.31. The fourth-order valence-electron chi connectivity index (χ4n) is 2.14. The zero-order chi connectivity index (χ0) is 13.4. The molecule has 5 heteroatoms. The highest BCUT2D eigenvalue weighted by molar-refractivity contribution is 6.30. The van der Waals surface area contributed by atoms with Gasteiger partial charge < -0.3 is 0 Å². The molecule has 3 aromatic rings. The van der Waals surface area contributed by atoms with Crippen LogP contribution >= 0.6 is 11.6 Å². The molecular weight excluding hydrogens is 270 g/mol. The van der Waals surface area contributed by atoms with Crippen molar-refractivity contribution in [3.8, 4) is 5.69 Å². The van der Waals surface area contributed by atoms with Gasteiger partial charge in [0.1, 0.15) is 12.0 Å². The summed E-state index contributed by atoms with van der Waals surface area (Å²) in [6.45, 7) is 0. The Morgan fingerprint density at radius 3 is 2.58 bits per heavy atom. The number of imidazole rings is 1. The van der Waals surface area contributed by atoms with Gasteiger partial charge in [0.05, 0.1) is 5.69 Å². The van der Waals surface area contributed by atoms with Crippen molar-refractivity contribution < 1.29 is 8.78 Å². The van der Waals surface area contributed by atoms with Crippen molar-refractivity contribution in [2.45, 2.75) is 6.43 Å². The van der Waals surface area contributed by atoms with E-state index in [-0.39, 0.29) is 10.8 Å². The second-order valence-electron chi connectivity index (χ2n) is 4.09. The van der Waals surface area contributed by atoms with E-state index in [1.165, 1.54) is 10.9 Å². The van der Waals surface area contributed by atoms with Crippen LogP contribution in [-0.2, 0) is 0 Å². The topological polar surface area (TPSA) is 17.8 Å². The van der Waals surface area contributed by atoms with Gasteiger partial charge >= 0.3 is 0 Å². The Balaban J connectivity index is 2.31. The van der Waals surface area contributed by atoms with Crippen LogP contribution in [0.2, 0.25) is 5.15 Å². The normalized spacial score (nSPS) is 11.4. The lowest BCUT2D eigenvalue weighted by atomic mass is 10.1. The molecule has 2 aromatic carbocycles. The number of rotatable bonds is 2. The van der Waals surface area contributed by atoms with E-state index in [9.17, 15) is 8.78 Å². The predicted molar refractivity (Wildman–Crippen MR) is 71.0 cm³/mol. The van der Waals surface area contributed by atoms with Crippen LogP contribution in [0, 0.1) is 0 Å². The van der Waals surface area contributed by atoms with Crippen LogP contribution < -0.4 is 0 Å². The predicted octanol–water partition coefficient (Wildman–Crippen LogP) is 4.62. The van der Waals surface area contributed by atoms with Crippen LogP contribution in [0.1, 0.15) is 12.1 Å². The molecule has 1 aromatic heterocycles. The molecule has 0 aliphatic heterocycles. The molecule has 0 saturated heterocycles. The zero-order valence-corrected chi connectivity index (χ0v) is 10.5. The van der Waals surface area contributed by atoms with Crippen molar-refractivity contribution >= 4 is 22.4 Å². The Morgan fingerprint density at radius 2 is 1.79 bits per heavy atom. The monoisotopic (exact) mass is 278 g/mol. The van der Waals surface area contributed by atoms with Gasteiger partial charge in [0.25, 0.3) is 6.43 Å². The van der Waals surface area contributed by atoms with Crippen LogP contribution in [0.25, 0.3) is 16.5 Å². The number of nitrogens with zero attached hydrogens (tertiary/aromatic N) is 2. The zero-order valence-electron chi connectivity index (χ0n) is 9.72. The van der Waals surface area contributed by atoms with Crippen LogP contribution in [0.4, 0.5) is 8.78 Å². The summed E-state index contributed by atoms with van der Waals surface area (Å²) in [6, 6.07) is 13.1. The molecule has 3 rings (SSSR count). The first kappa shape index (κ1) is 12.1. The fourth-order valence-corrected chi connectivity index (χ4v) is 2.36. The lowest BCUT2D eigenvalue weighted by Gasteiger charge is -2.10. The summed E-state index contributed by atoms with van der Waals surface area (Å²) in [7, 11) is 0. The Labute approximate surface area is 113 Å². The Hall–Kier alpha value is -1.94. The van der Waals surface area contributed by atoms with E-state index in [0.29, 0.717) is 5.69 Å². The maximum atomic E-state index is 13.1. The van der Waals surface area contributed by atoms with Crippen molar-refractivity contribution in [3.05, 3.63) is 59.6 Å². The quantitative estimate of drug-likeness (QED) is 0.669. The first-order valence-electron chi connectivity index (χ1n) is 5.67. The molecule has 0 aliphatic rings. The van der Waals surface area contributed by atoms with Gasteiger partial charge in [0.2, 0.25) is 0 Å². The van der Waals surface area contributed by atoms with E-state index in [1.54, 1.807) is 6.07 Å². The molecule has 2 nitrogen and oxygen atoms in total.